The van der Waals surface area contributed by atoms with Crippen molar-refractivity contribution in [2.24, 2.45) is 9.98 Å². The molecule has 264 valence electrons. The molecule has 2 N–H and O–H groups in total. The van der Waals surface area contributed by atoms with Crippen LogP contribution in [0.3, 0.4) is 0 Å². The third kappa shape index (κ3) is 5.86. The Morgan fingerprint density at radius 3 is 1.04 bits per heavy atom. The van der Waals surface area contributed by atoms with Gasteiger partial charge in [-0.05, 0) is 114 Å². The lowest BCUT2D eigenvalue weighted by atomic mass is 10.1. The molecule has 0 amide bonds. The van der Waals surface area contributed by atoms with E-state index in [2.05, 4.69) is 194 Å². The fraction of sp³-hybridized carbons (Fsp3) is 0.125. The Morgan fingerprint density at radius 2 is 0.685 bits per heavy atom. The topological polar surface area (TPSA) is 57.6 Å². The Labute approximate surface area is 314 Å². The van der Waals surface area contributed by atoms with Gasteiger partial charge in [0.25, 0.3) is 0 Å². The van der Waals surface area contributed by atoms with Gasteiger partial charge in [0.05, 0.1) is 33.8 Å². The van der Waals surface area contributed by atoms with Crippen molar-refractivity contribution in [3.63, 3.8) is 0 Å². The van der Waals surface area contributed by atoms with Gasteiger partial charge in [-0.2, -0.15) is 0 Å². The van der Waals surface area contributed by atoms with E-state index in [0.29, 0.717) is 0 Å². The Morgan fingerprint density at radius 1 is 0.370 bits per heavy atom. The van der Waals surface area contributed by atoms with Crippen LogP contribution in [0.1, 0.15) is 33.4 Å². The lowest BCUT2D eigenvalue weighted by molar-refractivity contribution is 1.00. The van der Waals surface area contributed by atoms with Crippen molar-refractivity contribution in [3.05, 3.63) is 178 Å². The van der Waals surface area contributed by atoms with Gasteiger partial charge in [0.1, 0.15) is 11.0 Å². The minimum Gasteiger partial charge on any atom is -0.353 e. The molecule has 54 heavy (non-hydrogen) atoms. The van der Waals surface area contributed by atoms with Gasteiger partial charge >= 0.3 is 0 Å². The molecule has 0 saturated carbocycles. The molecule has 3 aromatic heterocycles. The van der Waals surface area contributed by atoms with Crippen LogP contribution in [-0.2, 0) is 0 Å². The van der Waals surface area contributed by atoms with Gasteiger partial charge in [0, 0.05) is 22.1 Å². The van der Waals surface area contributed by atoms with Crippen LogP contribution >= 0.6 is 0 Å². The molecule has 3 heterocycles. The molecule has 0 fully saturated rings. The van der Waals surface area contributed by atoms with Crippen molar-refractivity contribution in [3.8, 4) is 0 Å². The number of hydrogen-bond donors (Lipinski definition) is 2. The van der Waals surface area contributed by atoms with Crippen molar-refractivity contribution >= 4 is 67.0 Å². The Balaban J connectivity index is 1.56. The number of anilines is 4. The Kier molecular flexibility index (Phi) is 8.04. The van der Waals surface area contributed by atoms with Crippen LogP contribution in [0.25, 0.3) is 32.8 Å². The fourth-order valence-electron chi connectivity index (χ4n) is 7.39. The summed E-state index contributed by atoms with van der Waals surface area (Å²) in [6.07, 6.45) is 0. The molecule has 0 atom stereocenters. The summed E-state index contributed by atoms with van der Waals surface area (Å²) >= 11 is 0. The maximum absolute atomic E-state index is 5.57. The number of benzene rings is 6. The molecule has 0 radical (unpaired) electrons. The summed E-state index contributed by atoms with van der Waals surface area (Å²) in [4.78, 5) is 11.1. The van der Waals surface area contributed by atoms with E-state index in [4.69, 9.17) is 9.98 Å². The molecule has 6 aromatic carbocycles. The van der Waals surface area contributed by atoms with Crippen LogP contribution in [0.4, 0.5) is 34.1 Å². The van der Waals surface area contributed by atoms with E-state index in [1.807, 2.05) is 0 Å². The number of hydrogen-bond acceptors (Lipinski definition) is 4. The van der Waals surface area contributed by atoms with Crippen molar-refractivity contribution in [1.82, 2.24) is 8.80 Å². The van der Waals surface area contributed by atoms with Crippen molar-refractivity contribution in [2.45, 2.75) is 41.5 Å². The molecule has 0 aliphatic rings. The van der Waals surface area contributed by atoms with E-state index < -0.39 is 0 Å². The first-order valence-electron chi connectivity index (χ1n) is 18.5. The number of fused-ring (bicyclic) bond motifs is 6. The highest BCUT2D eigenvalue weighted by Crippen LogP contribution is 2.37. The molecular formula is C48H42N6. The highest BCUT2D eigenvalue weighted by atomic mass is 15.1. The van der Waals surface area contributed by atoms with Crippen LogP contribution in [0.5, 0.6) is 0 Å². The van der Waals surface area contributed by atoms with Crippen molar-refractivity contribution in [2.75, 3.05) is 10.6 Å². The summed E-state index contributed by atoms with van der Waals surface area (Å²) in [6, 6.07) is 47.4. The molecule has 9 aromatic rings. The van der Waals surface area contributed by atoms with Gasteiger partial charge in [-0.1, -0.05) is 94.0 Å². The smallest absolute Gasteiger partial charge is 0.165 e. The lowest BCUT2D eigenvalue weighted by Gasteiger charge is -2.12. The minimum atomic E-state index is 0.811. The normalized spacial score (nSPS) is 12.5. The lowest BCUT2D eigenvalue weighted by Crippen LogP contribution is -2.28. The van der Waals surface area contributed by atoms with Gasteiger partial charge in [-0.15, -0.1) is 0 Å². The molecule has 0 spiro atoms. The van der Waals surface area contributed by atoms with E-state index in [1.165, 1.54) is 33.4 Å². The standard InChI is InChI=1S/C48H42N6/c1-29-7-17-35(18-8-29)49-43-39-27-33(5)15-25-41(39)53-45(43)47(51-37-21-11-31(3)12-22-37)54-42-26-16-34(6)28-40(42)44(50-36-19-9-30(2)10-20-36)46(54)48(53)52-38-23-13-32(4)14-24-38/h7-28,49-50H,1-6H3. The predicted octanol–water partition coefficient (Wildman–Crippen LogP) is 11.7. The van der Waals surface area contributed by atoms with Crippen molar-refractivity contribution < 1.29 is 0 Å². The zero-order chi connectivity index (χ0) is 37.1. The summed E-state index contributed by atoms with van der Waals surface area (Å²) < 4.78 is 4.64. The average molecular weight is 703 g/mol. The Hall–Kier alpha value is -6.66. The number of aryl methyl sites for hydroxylation is 6. The SMILES string of the molecule is Cc1ccc(N=c2c3c(Nc4ccc(C)cc4)c4cc(C)ccc4n3c(=Nc3ccc(C)cc3)c3c(Nc4ccc(C)cc4)c4cc(C)ccc4n23)cc1. The monoisotopic (exact) mass is 702 g/mol. The fourth-order valence-corrected chi connectivity index (χ4v) is 7.39. The maximum atomic E-state index is 5.57. The highest BCUT2D eigenvalue weighted by molar-refractivity contribution is 6.08. The molecule has 9 rings (SSSR count). The summed E-state index contributed by atoms with van der Waals surface area (Å²) in [6.45, 7) is 12.8. The summed E-state index contributed by atoms with van der Waals surface area (Å²) in [5.74, 6) is 0. The summed E-state index contributed by atoms with van der Waals surface area (Å²) in [5.41, 5.74) is 18.4. The van der Waals surface area contributed by atoms with Gasteiger partial charge in [0.2, 0.25) is 0 Å². The molecule has 0 unspecified atom stereocenters. The first-order valence-corrected chi connectivity index (χ1v) is 18.5. The van der Waals surface area contributed by atoms with Crippen molar-refractivity contribution in [1.29, 1.82) is 0 Å². The molecular weight excluding hydrogens is 661 g/mol. The largest absolute Gasteiger partial charge is 0.353 e. The first kappa shape index (κ1) is 33.2. The summed E-state index contributed by atoms with van der Waals surface area (Å²) in [7, 11) is 0. The quantitative estimate of drug-likeness (QED) is 0.181. The first-order chi connectivity index (χ1) is 26.2. The van der Waals surface area contributed by atoms with Crippen LogP contribution in [0, 0.1) is 41.5 Å². The van der Waals surface area contributed by atoms with E-state index >= 15 is 0 Å². The Bertz CT molecular complexity index is 2790. The zero-order valence-electron chi connectivity index (χ0n) is 31.5. The molecule has 6 nitrogen and oxygen atoms in total. The van der Waals surface area contributed by atoms with Crippen LogP contribution in [-0.4, -0.2) is 8.80 Å². The molecule has 0 saturated heterocycles. The van der Waals surface area contributed by atoms with Gasteiger partial charge < -0.3 is 10.6 Å². The number of nitrogens with zero attached hydrogens (tertiary/aromatic N) is 4. The van der Waals surface area contributed by atoms with E-state index in [1.54, 1.807) is 0 Å². The molecule has 0 aliphatic heterocycles. The zero-order valence-corrected chi connectivity index (χ0v) is 31.5. The number of rotatable bonds is 6. The second-order valence-corrected chi connectivity index (χ2v) is 14.7. The number of aromatic nitrogens is 2. The molecule has 0 bridgehead atoms. The maximum Gasteiger partial charge on any atom is 0.165 e. The molecule has 0 aliphatic carbocycles. The number of nitrogens with one attached hydrogen (secondary N) is 2. The van der Waals surface area contributed by atoms with Crippen LogP contribution < -0.4 is 21.6 Å². The van der Waals surface area contributed by atoms with Crippen LogP contribution in [0.2, 0.25) is 0 Å². The van der Waals surface area contributed by atoms with Gasteiger partial charge in [-0.25, -0.2) is 9.98 Å². The van der Waals surface area contributed by atoms with Crippen LogP contribution in [0.15, 0.2) is 143 Å². The molecule has 6 heteroatoms. The third-order valence-electron chi connectivity index (χ3n) is 10.3. The van der Waals surface area contributed by atoms with E-state index in [0.717, 1.165) is 77.9 Å². The highest BCUT2D eigenvalue weighted by Gasteiger charge is 2.24. The second-order valence-electron chi connectivity index (χ2n) is 14.7. The second kappa shape index (κ2) is 13.1. The predicted molar refractivity (Wildman–Crippen MR) is 226 cm³/mol. The third-order valence-corrected chi connectivity index (χ3v) is 10.3. The van der Waals surface area contributed by atoms with Gasteiger partial charge in [-0.3, -0.25) is 8.80 Å². The van der Waals surface area contributed by atoms with E-state index in [9.17, 15) is 0 Å². The average Bonchev–Trinajstić information content (AvgIpc) is 3.65. The summed E-state index contributed by atoms with van der Waals surface area (Å²) in [5, 5.41) is 9.95. The van der Waals surface area contributed by atoms with E-state index in [-0.39, 0.29) is 0 Å². The van der Waals surface area contributed by atoms with Gasteiger partial charge in [0.15, 0.2) is 11.0 Å². The minimum absolute atomic E-state index is 0.811.